The van der Waals surface area contributed by atoms with Crippen LogP contribution >= 0.6 is 0 Å². The third-order valence-corrected chi connectivity index (χ3v) is 5.19. The van der Waals surface area contributed by atoms with Crippen LogP contribution in [-0.4, -0.2) is 60.2 Å². The number of ether oxygens (including phenoxy) is 2. The van der Waals surface area contributed by atoms with Gasteiger partial charge in [-0.2, -0.15) is 0 Å². The van der Waals surface area contributed by atoms with Crippen LogP contribution in [0.1, 0.15) is 50.7 Å². The molecule has 1 aromatic heterocycles. The zero-order chi connectivity index (χ0) is 19.5. The SMILES string of the molecule is CCOC(CCNC(=NCc1nnc(C)n1C)NCCOC)C1CCCC1. The van der Waals surface area contributed by atoms with Gasteiger partial charge in [0.25, 0.3) is 0 Å². The van der Waals surface area contributed by atoms with E-state index >= 15 is 0 Å². The van der Waals surface area contributed by atoms with E-state index in [1.54, 1.807) is 7.11 Å². The second kappa shape index (κ2) is 11.9. The van der Waals surface area contributed by atoms with E-state index in [0.29, 0.717) is 31.7 Å². The lowest BCUT2D eigenvalue weighted by molar-refractivity contribution is 0.0169. The average Bonchev–Trinajstić information content (AvgIpc) is 3.30. The molecule has 0 aliphatic heterocycles. The molecule has 0 spiro atoms. The fourth-order valence-corrected chi connectivity index (χ4v) is 3.52. The third kappa shape index (κ3) is 7.10. The highest BCUT2D eigenvalue weighted by atomic mass is 16.5. The minimum absolute atomic E-state index is 0.339. The van der Waals surface area contributed by atoms with Crippen molar-refractivity contribution in [3.63, 3.8) is 0 Å². The maximum atomic E-state index is 6.01. The van der Waals surface area contributed by atoms with Crippen molar-refractivity contribution >= 4 is 5.96 Å². The Morgan fingerprint density at radius 1 is 1.26 bits per heavy atom. The van der Waals surface area contributed by atoms with Crippen molar-refractivity contribution in [3.05, 3.63) is 11.6 Å². The van der Waals surface area contributed by atoms with Gasteiger partial charge >= 0.3 is 0 Å². The summed E-state index contributed by atoms with van der Waals surface area (Å²) in [6.45, 7) is 7.45. The number of aromatic nitrogens is 3. The van der Waals surface area contributed by atoms with Crippen LogP contribution in [0.15, 0.2) is 4.99 Å². The van der Waals surface area contributed by atoms with E-state index in [-0.39, 0.29) is 0 Å². The molecule has 1 aliphatic carbocycles. The number of nitrogens with one attached hydrogen (secondary N) is 2. The minimum atomic E-state index is 0.339. The molecule has 2 rings (SSSR count). The minimum Gasteiger partial charge on any atom is -0.383 e. The van der Waals surface area contributed by atoms with Crippen molar-refractivity contribution in [2.45, 2.75) is 58.6 Å². The topological polar surface area (TPSA) is 85.6 Å². The molecule has 1 aromatic rings. The number of rotatable bonds is 11. The maximum Gasteiger partial charge on any atom is 0.191 e. The Morgan fingerprint density at radius 2 is 2.00 bits per heavy atom. The zero-order valence-electron chi connectivity index (χ0n) is 17.3. The summed E-state index contributed by atoms with van der Waals surface area (Å²) in [7, 11) is 3.66. The molecular weight excluding hydrogens is 344 g/mol. The molecule has 1 atom stereocenters. The van der Waals surface area contributed by atoms with Crippen molar-refractivity contribution < 1.29 is 9.47 Å². The maximum absolute atomic E-state index is 6.01. The first-order valence-corrected chi connectivity index (χ1v) is 10.1. The molecule has 0 radical (unpaired) electrons. The second-order valence-electron chi connectivity index (χ2n) is 7.06. The van der Waals surface area contributed by atoms with Gasteiger partial charge in [-0.25, -0.2) is 4.99 Å². The lowest BCUT2D eigenvalue weighted by Gasteiger charge is -2.24. The average molecular weight is 381 g/mol. The molecule has 1 saturated carbocycles. The smallest absolute Gasteiger partial charge is 0.191 e. The van der Waals surface area contributed by atoms with E-state index in [1.165, 1.54) is 25.7 Å². The Kier molecular flexibility index (Phi) is 9.55. The van der Waals surface area contributed by atoms with Crippen LogP contribution in [0.25, 0.3) is 0 Å². The van der Waals surface area contributed by atoms with Crippen LogP contribution in [0, 0.1) is 12.8 Å². The van der Waals surface area contributed by atoms with Gasteiger partial charge in [0.2, 0.25) is 0 Å². The van der Waals surface area contributed by atoms with E-state index in [4.69, 9.17) is 9.47 Å². The number of nitrogens with zero attached hydrogens (tertiary/aromatic N) is 4. The lowest BCUT2D eigenvalue weighted by Crippen LogP contribution is -2.41. The van der Waals surface area contributed by atoms with Gasteiger partial charge in [-0.3, -0.25) is 0 Å². The Balaban J connectivity index is 1.88. The van der Waals surface area contributed by atoms with Crippen LogP contribution in [0.5, 0.6) is 0 Å². The molecule has 1 heterocycles. The first-order chi connectivity index (χ1) is 13.2. The van der Waals surface area contributed by atoms with Crippen molar-refractivity contribution in [3.8, 4) is 0 Å². The summed E-state index contributed by atoms with van der Waals surface area (Å²) in [5.41, 5.74) is 0. The van der Waals surface area contributed by atoms with E-state index in [0.717, 1.165) is 37.2 Å². The number of aryl methyl sites for hydroxylation is 1. The molecule has 1 fully saturated rings. The quantitative estimate of drug-likeness (QED) is 0.346. The molecule has 0 saturated heterocycles. The first kappa shape index (κ1) is 21.6. The van der Waals surface area contributed by atoms with Crippen molar-refractivity contribution in [1.29, 1.82) is 0 Å². The van der Waals surface area contributed by atoms with Gasteiger partial charge in [0.05, 0.1) is 12.7 Å². The van der Waals surface area contributed by atoms with Crippen LogP contribution in [0.2, 0.25) is 0 Å². The Bertz CT molecular complexity index is 569. The van der Waals surface area contributed by atoms with Gasteiger partial charge in [0.15, 0.2) is 11.8 Å². The standard InChI is InChI=1S/C19H36N6O2/c1-5-27-17(16-8-6-7-9-16)10-11-20-19(21-12-13-26-4)22-14-18-24-23-15(2)25(18)3/h16-17H,5-14H2,1-4H3,(H2,20,21,22). The van der Waals surface area contributed by atoms with Crippen LogP contribution in [0.3, 0.4) is 0 Å². The first-order valence-electron chi connectivity index (χ1n) is 10.1. The van der Waals surface area contributed by atoms with Gasteiger partial charge in [-0.1, -0.05) is 12.8 Å². The number of aliphatic imine (C=N–C) groups is 1. The van der Waals surface area contributed by atoms with E-state index in [9.17, 15) is 0 Å². The lowest BCUT2D eigenvalue weighted by atomic mass is 9.98. The summed E-state index contributed by atoms with van der Waals surface area (Å²) in [6.07, 6.45) is 6.60. The Morgan fingerprint density at radius 3 is 2.63 bits per heavy atom. The summed E-state index contributed by atoms with van der Waals surface area (Å²) >= 11 is 0. The Labute approximate surface area is 163 Å². The molecule has 1 aliphatic rings. The molecule has 154 valence electrons. The fraction of sp³-hybridized carbons (Fsp3) is 0.842. The highest BCUT2D eigenvalue weighted by molar-refractivity contribution is 5.79. The largest absolute Gasteiger partial charge is 0.383 e. The molecule has 0 amide bonds. The molecule has 0 bridgehead atoms. The van der Waals surface area contributed by atoms with Gasteiger partial charge < -0.3 is 24.7 Å². The second-order valence-corrected chi connectivity index (χ2v) is 7.06. The molecule has 0 aromatic carbocycles. The number of guanidine groups is 1. The summed E-state index contributed by atoms with van der Waals surface area (Å²) in [5.74, 6) is 3.21. The molecule has 8 heteroatoms. The molecule has 27 heavy (non-hydrogen) atoms. The molecule has 2 N–H and O–H groups in total. The third-order valence-electron chi connectivity index (χ3n) is 5.19. The highest BCUT2D eigenvalue weighted by Gasteiger charge is 2.25. The molecule has 1 unspecified atom stereocenters. The predicted octanol–water partition coefficient (Wildman–Crippen LogP) is 1.79. The molecule has 8 nitrogen and oxygen atoms in total. The Hall–Kier alpha value is -1.67. The van der Waals surface area contributed by atoms with E-state index in [1.807, 2.05) is 18.5 Å². The zero-order valence-corrected chi connectivity index (χ0v) is 17.3. The summed E-state index contributed by atoms with van der Waals surface area (Å²) in [4.78, 5) is 4.66. The van der Waals surface area contributed by atoms with Gasteiger partial charge in [-0.05, 0) is 39.0 Å². The van der Waals surface area contributed by atoms with Crippen molar-refractivity contribution in [2.75, 3.05) is 33.4 Å². The fourth-order valence-electron chi connectivity index (χ4n) is 3.52. The summed E-state index contributed by atoms with van der Waals surface area (Å²) < 4.78 is 13.1. The van der Waals surface area contributed by atoms with Crippen LogP contribution < -0.4 is 10.6 Å². The predicted molar refractivity (Wildman–Crippen MR) is 107 cm³/mol. The number of hydrogen-bond donors (Lipinski definition) is 2. The van der Waals surface area contributed by atoms with Crippen LogP contribution in [0.4, 0.5) is 0 Å². The van der Waals surface area contributed by atoms with Gasteiger partial charge in [0.1, 0.15) is 12.4 Å². The van der Waals surface area contributed by atoms with Crippen molar-refractivity contribution in [1.82, 2.24) is 25.4 Å². The van der Waals surface area contributed by atoms with E-state index in [2.05, 4.69) is 32.7 Å². The monoisotopic (exact) mass is 380 g/mol. The summed E-state index contributed by atoms with van der Waals surface area (Å²) in [6, 6.07) is 0. The molecular formula is C19H36N6O2. The van der Waals surface area contributed by atoms with E-state index < -0.39 is 0 Å². The van der Waals surface area contributed by atoms with Crippen LogP contribution in [-0.2, 0) is 23.1 Å². The number of hydrogen-bond acceptors (Lipinski definition) is 5. The van der Waals surface area contributed by atoms with Gasteiger partial charge in [0, 0.05) is 33.9 Å². The number of methoxy groups -OCH3 is 1. The summed E-state index contributed by atoms with van der Waals surface area (Å²) in [5, 5.41) is 15.0. The van der Waals surface area contributed by atoms with Crippen molar-refractivity contribution in [2.24, 2.45) is 18.0 Å². The highest BCUT2D eigenvalue weighted by Crippen LogP contribution is 2.30. The van der Waals surface area contributed by atoms with Gasteiger partial charge in [-0.15, -0.1) is 10.2 Å². The normalized spacial score (nSPS) is 16.7.